The predicted molar refractivity (Wildman–Crippen MR) is 230 cm³/mol. The summed E-state index contributed by atoms with van der Waals surface area (Å²) in [4.78, 5) is 70.5. The standard InChI is InChI=1S/C46H56N8O6/c1-25(2)38(51-44(57)59-7)40(55)46(20-19-27(5)53-46)43-48-24-36(50-43)34-17-16-32-21-31(14-15-33(32)22-34)29-10-12-30(13-11-29)35-23-47-41(49-35)37-18-9-28(6)54(37)42(56)39(26(3)4)52-45(58)60-8/h10-17,21-28,37-39,53H,9,18-20H2,1-8H3,(H,47,49)(H,48,50)(H,51,57)(H,52,58)/t27-,28-,37+,38+,39+,46-/m1/s1. The number of methoxy groups -OCH3 is 2. The number of amides is 3. The van der Waals surface area contributed by atoms with Gasteiger partial charge in [-0.05, 0) is 91.0 Å². The van der Waals surface area contributed by atoms with Crippen LogP contribution in [-0.4, -0.2) is 87.1 Å². The van der Waals surface area contributed by atoms with Crippen molar-refractivity contribution in [2.75, 3.05) is 14.2 Å². The third-order valence-electron chi connectivity index (χ3n) is 12.2. The SMILES string of the molecule is COC(=O)N[C@H](C(=O)N1[C@H](C)CC[C@H]1c1ncc(-c2ccc(-c3ccc4cc(-c5cnc([C@]6(C(=O)[C@@H](NC(=O)OC)C(C)C)CC[C@@H](C)N6)[nH]5)ccc4c3)cc2)[nH]1)C(C)C. The molecular weight excluding hydrogens is 761 g/mol. The molecular formula is C46H56N8O6. The van der Waals surface area contributed by atoms with Crippen molar-refractivity contribution in [2.24, 2.45) is 11.8 Å². The van der Waals surface area contributed by atoms with E-state index in [4.69, 9.17) is 19.4 Å². The van der Waals surface area contributed by atoms with Crippen molar-refractivity contribution in [2.45, 2.75) is 103 Å². The van der Waals surface area contributed by atoms with E-state index in [0.717, 1.165) is 69.5 Å². The number of hydrogen-bond donors (Lipinski definition) is 5. The Bertz CT molecular complexity index is 2370. The number of carbonyl (C=O) groups excluding carboxylic acids is 4. The molecule has 0 bridgehead atoms. The number of imidazole rings is 2. The average molecular weight is 817 g/mol. The number of ketones is 1. The molecule has 2 fully saturated rings. The predicted octanol–water partition coefficient (Wildman–Crippen LogP) is 7.64. The number of ether oxygens (including phenoxy) is 2. The Morgan fingerprint density at radius 3 is 1.90 bits per heavy atom. The third kappa shape index (κ3) is 8.25. The molecule has 60 heavy (non-hydrogen) atoms. The van der Waals surface area contributed by atoms with E-state index in [1.807, 2.05) is 52.6 Å². The fourth-order valence-corrected chi connectivity index (χ4v) is 8.74. The zero-order valence-electron chi connectivity index (χ0n) is 35.6. The van der Waals surface area contributed by atoms with Crippen LogP contribution in [0.1, 0.15) is 84.9 Å². The number of H-pyrrole nitrogens is 2. The van der Waals surface area contributed by atoms with Gasteiger partial charge < -0.3 is 35.0 Å². The van der Waals surface area contributed by atoms with Gasteiger partial charge in [0.25, 0.3) is 0 Å². The third-order valence-corrected chi connectivity index (χ3v) is 12.2. The number of rotatable bonds is 12. The van der Waals surface area contributed by atoms with Gasteiger partial charge in [0.05, 0.1) is 50.1 Å². The smallest absolute Gasteiger partial charge is 0.407 e. The minimum atomic E-state index is -1.08. The lowest BCUT2D eigenvalue weighted by molar-refractivity contribution is -0.137. The highest BCUT2D eigenvalue weighted by Gasteiger charge is 2.51. The van der Waals surface area contributed by atoms with Gasteiger partial charge in [-0.25, -0.2) is 19.6 Å². The largest absolute Gasteiger partial charge is 0.453 e. The lowest BCUT2D eigenvalue weighted by atomic mass is 9.83. The first kappa shape index (κ1) is 42.1. The topological polar surface area (TPSA) is 183 Å². The molecule has 6 atom stereocenters. The van der Waals surface area contributed by atoms with Crippen LogP contribution in [0.25, 0.3) is 44.4 Å². The van der Waals surface area contributed by atoms with Crippen molar-refractivity contribution >= 4 is 34.6 Å². The van der Waals surface area contributed by atoms with Crippen LogP contribution in [0, 0.1) is 11.8 Å². The number of nitrogens with zero attached hydrogens (tertiary/aromatic N) is 3. The Labute approximate surface area is 350 Å². The van der Waals surface area contributed by atoms with Gasteiger partial charge in [-0.3, -0.25) is 14.9 Å². The number of aromatic amines is 2. The highest BCUT2D eigenvalue weighted by atomic mass is 16.5. The number of aromatic nitrogens is 4. The van der Waals surface area contributed by atoms with Crippen molar-refractivity contribution in [3.63, 3.8) is 0 Å². The second-order valence-corrected chi connectivity index (χ2v) is 16.9. The molecule has 316 valence electrons. The first-order valence-electron chi connectivity index (χ1n) is 20.8. The van der Waals surface area contributed by atoms with Crippen LogP contribution in [0.3, 0.4) is 0 Å². The Hall–Kier alpha value is -6.02. The van der Waals surface area contributed by atoms with E-state index < -0.39 is 29.8 Å². The number of carbonyl (C=O) groups is 4. The summed E-state index contributed by atoms with van der Waals surface area (Å²) < 4.78 is 9.62. The average Bonchev–Trinajstić information content (AvgIpc) is 4.08. The number of hydrogen-bond acceptors (Lipinski definition) is 9. The number of nitrogens with one attached hydrogen (secondary N) is 5. The second-order valence-electron chi connectivity index (χ2n) is 16.9. The quantitative estimate of drug-likeness (QED) is 0.0845. The number of alkyl carbamates (subject to hydrolysis) is 2. The van der Waals surface area contributed by atoms with Crippen LogP contribution in [-0.2, 0) is 24.6 Å². The summed E-state index contributed by atoms with van der Waals surface area (Å²) in [7, 11) is 2.58. The van der Waals surface area contributed by atoms with E-state index in [1.54, 1.807) is 6.20 Å². The zero-order chi connectivity index (χ0) is 42.9. The molecule has 0 saturated carbocycles. The lowest BCUT2D eigenvalue weighted by Crippen LogP contribution is -2.57. The van der Waals surface area contributed by atoms with E-state index in [-0.39, 0.29) is 41.7 Å². The van der Waals surface area contributed by atoms with Crippen molar-refractivity contribution in [1.82, 2.24) is 40.8 Å². The van der Waals surface area contributed by atoms with Crippen LogP contribution in [0.15, 0.2) is 73.1 Å². The number of likely N-dealkylation sites (tertiary alicyclic amines) is 1. The molecule has 0 radical (unpaired) electrons. The highest BCUT2D eigenvalue weighted by molar-refractivity contribution is 5.96. The van der Waals surface area contributed by atoms with Gasteiger partial charge in [0.2, 0.25) is 5.91 Å². The molecule has 2 aliphatic rings. The fourth-order valence-electron chi connectivity index (χ4n) is 8.74. The Morgan fingerprint density at radius 2 is 1.28 bits per heavy atom. The Morgan fingerprint density at radius 1 is 0.717 bits per heavy atom. The Balaban J connectivity index is 1.07. The molecule has 4 heterocycles. The fraction of sp³-hybridized carbons (Fsp3) is 0.435. The van der Waals surface area contributed by atoms with Crippen molar-refractivity contribution in [1.29, 1.82) is 0 Å². The molecule has 0 aliphatic carbocycles. The van der Waals surface area contributed by atoms with Crippen LogP contribution in [0.5, 0.6) is 0 Å². The first-order valence-corrected chi connectivity index (χ1v) is 20.8. The molecule has 3 aromatic carbocycles. The van der Waals surface area contributed by atoms with Gasteiger partial charge in [0.15, 0.2) is 5.78 Å². The summed E-state index contributed by atoms with van der Waals surface area (Å²) in [5.74, 6) is 0.686. The summed E-state index contributed by atoms with van der Waals surface area (Å²) in [6.45, 7) is 11.7. The monoisotopic (exact) mass is 816 g/mol. The van der Waals surface area contributed by atoms with Gasteiger partial charge in [0.1, 0.15) is 23.2 Å². The van der Waals surface area contributed by atoms with Gasteiger partial charge in [0, 0.05) is 17.6 Å². The van der Waals surface area contributed by atoms with Gasteiger partial charge in [-0.1, -0.05) is 76.2 Å². The molecule has 5 N–H and O–H groups in total. The molecule has 5 aromatic rings. The van der Waals surface area contributed by atoms with Crippen LogP contribution in [0.2, 0.25) is 0 Å². The number of Topliss-reactive ketones (excluding diaryl/α,β-unsaturated/α-hetero) is 1. The highest BCUT2D eigenvalue weighted by Crippen LogP contribution is 2.38. The lowest BCUT2D eigenvalue weighted by Gasteiger charge is -2.32. The van der Waals surface area contributed by atoms with Crippen LogP contribution < -0.4 is 16.0 Å². The summed E-state index contributed by atoms with van der Waals surface area (Å²) in [6.07, 6.45) is 5.25. The molecule has 2 aliphatic heterocycles. The molecule has 2 aromatic heterocycles. The molecule has 0 unspecified atom stereocenters. The minimum Gasteiger partial charge on any atom is -0.453 e. The normalized spacial score (nSPS) is 21.3. The van der Waals surface area contributed by atoms with E-state index in [1.165, 1.54) is 14.2 Å². The maximum Gasteiger partial charge on any atom is 0.407 e. The molecule has 14 heteroatoms. The maximum absolute atomic E-state index is 14.2. The van der Waals surface area contributed by atoms with Crippen LogP contribution >= 0.6 is 0 Å². The summed E-state index contributed by atoms with van der Waals surface area (Å²) in [5, 5.41) is 11.1. The minimum absolute atomic E-state index is 0.00212. The van der Waals surface area contributed by atoms with E-state index in [2.05, 4.69) is 86.6 Å². The Kier molecular flexibility index (Phi) is 12.1. The molecule has 0 spiro atoms. The van der Waals surface area contributed by atoms with E-state index in [0.29, 0.717) is 12.2 Å². The molecule has 3 amide bonds. The zero-order valence-corrected chi connectivity index (χ0v) is 35.6. The summed E-state index contributed by atoms with van der Waals surface area (Å²) in [6, 6.07) is 19.4. The molecule has 2 saturated heterocycles. The van der Waals surface area contributed by atoms with Crippen molar-refractivity contribution in [3.8, 4) is 33.6 Å². The molecule has 7 rings (SSSR count). The van der Waals surface area contributed by atoms with Crippen molar-refractivity contribution in [3.05, 3.63) is 84.7 Å². The second kappa shape index (κ2) is 17.3. The molecule has 14 nitrogen and oxygen atoms in total. The van der Waals surface area contributed by atoms with Crippen LogP contribution in [0.4, 0.5) is 9.59 Å². The van der Waals surface area contributed by atoms with Crippen molar-refractivity contribution < 1.29 is 28.7 Å². The summed E-state index contributed by atoms with van der Waals surface area (Å²) >= 11 is 0. The van der Waals surface area contributed by atoms with E-state index in [9.17, 15) is 19.2 Å². The van der Waals surface area contributed by atoms with Gasteiger partial charge in [-0.2, -0.15) is 0 Å². The number of benzene rings is 3. The summed E-state index contributed by atoms with van der Waals surface area (Å²) in [5.41, 5.74) is 4.63. The maximum atomic E-state index is 14.2. The van der Waals surface area contributed by atoms with E-state index >= 15 is 0 Å². The van der Waals surface area contributed by atoms with Gasteiger partial charge in [-0.15, -0.1) is 0 Å². The number of fused-ring (bicyclic) bond motifs is 1. The van der Waals surface area contributed by atoms with Gasteiger partial charge >= 0.3 is 12.2 Å². The first-order chi connectivity index (χ1) is 28.7.